The molecule has 0 saturated carbocycles. The molecule has 2 N–H and O–H groups in total. The molecule has 1 aliphatic heterocycles. The topological polar surface area (TPSA) is 45.8 Å². The van der Waals surface area contributed by atoms with Gasteiger partial charge in [0.05, 0.1) is 20.3 Å². The molecule has 7 heteroatoms. The average molecular weight is 408 g/mol. The summed E-state index contributed by atoms with van der Waals surface area (Å²) in [5, 5.41) is 6.75. The molecule has 2 rings (SSSR count). The number of methoxy groups -OCH3 is 1. The van der Waals surface area contributed by atoms with Gasteiger partial charge in [-0.1, -0.05) is 19.6 Å². The number of nitrogens with one attached hydrogen (secondary N) is 2. The monoisotopic (exact) mass is 407 g/mol. The van der Waals surface area contributed by atoms with Gasteiger partial charge in [-0.2, -0.15) is 0 Å². The molecule has 0 amide bonds. The van der Waals surface area contributed by atoms with Crippen LogP contribution in [0.2, 0.25) is 0 Å². The Labute approximate surface area is 172 Å². The van der Waals surface area contributed by atoms with E-state index < -0.39 is 0 Å². The number of hydrogen-bond acceptors (Lipinski definition) is 4. The van der Waals surface area contributed by atoms with Crippen molar-refractivity contribution in [2.45, 2.75) is 26.7 Å². The van der Waals surface area contributed by atoms with Crippen LogP contribution < -0.4 is 15.4 Å². The highest BCUT2D eigenvalue weighted by Gasteiger charge is 2.33. The maximum atomic E-state index is 14.2. The molecule has 0 radical (unpaired) electrons. The SMILES string of the molecule is C=C(CNC(=C)OC)NC(=S)N(CC)CCC1(C)COc2cccc(F)c2C1. The second-order valence-electron chi connectivity index (χ2n) is 7.34. The van der Waals surface area contributed by atoms with Crippen LogP contribution in [0.5, 0.6) is 5.75 Å². The van der Waals surface area contributed by atoms with E-state index in [9.17, 15) is 4.39 Å². The van der Waals surface area contributed by atoms with E-state index in [1.165, 1.54) is 6.07 Å². The van der Waals surface area contributed by atoms with E-state index in [1.807, 2.05) is 6.07 Å². The van der Waals surface area contributed by atoms with Crippen LogP contribution in [0.4, 0.5) is 4.39 Å². The molecule has 5 nitrogen and oxygen atoms in total. The number of fused-ring (bicyclic) bond motifs is 1. The fourth-order valence-electron chi connectivity index (χ4n) is 3.10. The molecule has 0 aromatic heterocycles. The van der Waals surface area contributed by atoms with Gasteiger partial charge in [-0.05, 0) is 50.7 Å². The molecule has 1 aromatic carbocycles. The van der Waals surface area contributed by atoms with Crippen LogP contribution in [0.3, 0.4) is 0 Å². The summed E-state index contributed by atoms with van der Waals surface area (Å²) in [7, 11) is 1.55. The van der Waals surface area contributed by atoms with E-state index in [0.717, 1.165) is 25.2 Å². The molecule has 0 saturated heterocycles. The van der Waals surface area contributed by atoms with Crippen molar-refractivity contribution in [1.29, 1.82) is 0 Å². The third-order valence-corrected chi connectivity index (χ3v) is 5.30. The van der Waals surface area contributed by atoms with E-state index in [4.69, 9.17) is 21.7 Å². The molecule has 0 bridgehead atoms. The number of rotatable bonds is 9. The van der Waals surface area contributed by atoms with Crippen molar-refractivity contribution >= 4 is 17.3 Å². The second kappa shape index (κ2) is 9.78. The smallest absolute Gasteiger partial charge is 0.179 e. The van der Waals surface area contributed by atoms with Gasteiger partial charge < -0.3 is 25.0 Å². The molecular formula is C21H30FN3O2S. The lowest BCUT2D eigenvalue weighted by Crippen LogP contribution is -2.43. The van der Waals surface area contributed by atoms with Crippen molar-refractivity contribution in [3.8, 4) is 5.75 Å². The number of hydrogen-bond donors (Lipinski definition) is 2. The minimum absolute atomic E-state index is 0.146. The highest BCUT2D eigenvalue weighted by molar-refractivity contribution is 7.80. The molecule has 1 aromatic rings. The Balaban J connectivity index is 1.89. The van der Waals surface area contributed by atoms with Crippen LogP contribution >= 0.6 is 12.2 Å². The summed E-state index contributed by atoms with van der Waals surface area (Å²) in [6, 6.07) is 5.00. The van der Waals surface area contributed by atoms with Gasteiger partial charge in [-0.25, -0.2) is 4.39 Å². The lowest BCUT2D eigenvalue weighted by molar-refractivity contribution is 0.117. The molecule has 28 heavy (non-hydrogen) atoms. The lowest BCUT2D eigenvalue weighted by atomic mass is 9.79. The molecule has 0 aliphatic carbocycles. The Morgan fingerprint density at radius 1 is 1.43 bits per heavy atom. The first-order valence-corrected chi connectivity index (χ1v) is 9.79. The maximum Gasteiger partial charge on any atom is 0.179 e. The van der Waals surface area contributed by atoms with Gasteiger partial charge in [-0.3, -0.25) is 0 Å². The number of benzene rings is 1. The van der Waals surface area contributed by atoms with E-state index in [2.05, 4.69) is 42.5 Å². The first-order valence-electron chi connectivity index (χ1n) is 9.38. The van der Waals surface area contributed by atoms with Crippen molar-refractivity contribution in [1.82, 2.24) is 15.5 Å². The normalized spacial score (nSPS) is 17.7. The Kier molecular flexibility index (Phi) is 7.69. The van der Waals surface area contributed by atoms with Crippen molar-refractivity contribution in [2.75, 3.05) is 33.4 Å². The highest BCUT2D eigenvalue weighted by Crippen LogP contribution is 2.37. The molecule has 1 unspecified atom stereocenters. The minimum Gasteiger partial charge on any atom is -0.493 e. The van der Waals surface area contributed by atoms with Crippen LogP contribution in [-0.2, 0) is 11.2 Å². The Hall–Kier alpha value is -2.28. The summed E-state index contributed by atoms with van der Waals surface area (Å²) < 4.78 is 24.9. The molecule has 1 heterocycles. The van der Waals surface area contributed by atoms with Crippen LogP contribution in [-0.4, -0.2) is 43.4 Å². The molecule has 154 valence electrons. The van der Waals surface area contributed by atoms with Gasteiger partial charge in [-0.15, -0.1) is 0 Å². The molecule has 0 spiro atoms. The number of thiocarbonyl (C=S) groups is 1. The van der Waals surface area contributed by atoms with E-state index in [-0.39, 0.29) is 11.2 Å². The molecule has 1 aliphatic rings. The minimum atomic E-state index is -0.200. The van der Waals surface area contributed by atoms with Gasteiger partial charge >= 0.3 is 0 Å². The predicted octanol–water partition coefficient (Wildman–Crippen LogP) is 3.57. The largest absolute Gasteiger partial charge is 0.493 e. The van der Waals surface area contributed by atoms with E-state index in [1.54, 1.807) is 13.2 Å². The highest BCUT2D eigenvalue weighted by atomic mass is 32.1. The van der Waals surface area contributed by atoms with Gasteiger partial charge in [0, 0.05) is 29.8 Å². The van der Waals surface area contributed by atoms with Crippen LogP contribution in [0.25, 0.3) is 0 Å². The number of halogens is 1. The maximum absolute atomic E-state index is 14.2. The summed E-state index contributed by atoms with van der Waals surface area (Å²) in [5.74, 6) is 0.928. The van der Waals surface area contributed by atoms with Crippen molar-refractivity contribution in [2.24, 2.45) is 5.41 Å². The van der Waals surface area contributed by atoms with Crippen LogP contribution in [0, 0.1) is 11.2 Å². The first-order chi connectivity index (χ1) is 13.3. The lowest BCUT2D eigenvalue weighted by Gasteiger charge is -2.37. The second-order valence-corrected chi connectivity index (χ2v) is 7.72. The van der Waals surface area contributed by atoms with Gasteiger partial charge in [0.15, 0.2) is 11.0 Å². The summed E-state index contributed by atoms with van der Waals surface area (Å²) in [4.78, 5) is 2.08. The van der Waals surface area contributed by atoms with Crippen molar-refractivity contribution in [3.63, 3.8) is 0 Å². The van der Waals surface area contributed by atoms with Gasteiger partial charge in [0.25, 0.3) is 0 Å². The fourth-order valence-corrected chi connectivity index (χ4v) is 3.46. The van der Waals surface area contributed by atoms with Gasteiger partial charge in [0.2, 0.25) is 0 Å². The fraction of sp³-hybridized carbons (Fsp3) is 0.476. The summed E-state index contributed by atoms with van der Waals surface area (Å²) in [5.41, 5.74) is 1.25. The van der Waals surface area contributed by atoms with Crippen molar-refractivity contribution < 1.29 is 13.9 Å². The molecular weight excluding hydrogens is 377 g/mol. The third-order valence-electron chi connectivity index (χ3n) is 4.94. The third kappa shape index (κ3) is 5.86. The summed E-state index contributed by atoms with van der Waals surface area (Å²) in [6.07, 6.45) is 1.49. The zero-order valence-corrected chi connectivity index (χ0v) is 17.8. The molecule has 1 atom stereocenters. The van der Waals surface area contributed by atoms with Crippen LogP contribution in [0.15, 0.2) is 42.9 Å². The summed E-state index contributed by atoms with van der Waals surface area (Å²) in [6.45, 7) is 14.4. The Morgan fingerprint density at radius 2 is 2.18 bits per heavy atom. The Bertz CT molecular complexity index is 740. The number of ether oxygens (including phenoxy) is 2. The van der Waals surface area contributed by atoms with E-state index >= 15 is 0 Å². The van der Waals surface area contributed by atoms with Crippen molar-refractivity contribution in [3.05, 3.63) is 54.3 Å². The molecule has 0 fully saturated rings. The predicted molar refractivity (Wildman–Crippen MR) is 115 cm³/mol. The van der Waals surface area contributed by atoms with Gasteiger partial charge in [0.1, 0.15) is 11.6 Å². The average Bonchev–Trinajstić information content (AvgIpc) is 2.67. The van der Waals surface area contributed by atoms with E-state index in [0.29, 0.717) is 41.9 Å². The zero-order valence-electron chi connectivity index (χ0n) is 16.9. The summed E-state index contributed by atoms with van der Waals surface area (Å²) >= 11 is 5.53. The quantitative estimate of drug-likeness (QED) is 0.482. The Morgan fingerprint density at radius 3 is 2.86 bits per heavy atom. The van der Waals surface area contributed by atoms with Crippen LogP contribution in [0.1, 0.15) is 25.8 Å². The first kappa shape index (κ1) is 22.0. The standard InChI is InChI=1S/C21H30FN3O2S/c1-6-25(20(28)24-15(2)13-23-16(3)26-5)11-10-21(4)12-17-18(22)8-7-9-19(17)27-14-21/h7-9,23H,2-3,6,10-14H2,1,4-5H3,(H,24,28). The zero-order chi connectivity index (χ0) is 20.7. The number of nitrogens with zero attached hydrogens (tertiary/aromatic N) is 1.